The summed E-state index contributed by atoms with van der Waals surface area (Å²) in [5.74, 6) is -1.00. The summed E-state index contributed by atoms with van der Waals surface area (Å²) in [6.45, 7) is -0.0234. The van der Waals surface area contributed by atoms with Gasteiger partial charge in [-0.15, -0.1) is 11.3 Å². The van der Waals surface area contributed by atoms with Crippen LogP contribution in [0.2, 0.25) is 4.34 Å². The van der Waals surface area contributed by atoms with Gasteiger partial charge >= 0.3 is 6.18 Å². The third-order valence-electron chi connectivity index (χ3n) is 4.54. The van der Waals surface area contributed by atoms with Crippen molar-refractivity contribution in [3.05, 3.63) is 56.5 Å². The molecule has 0 aliphatic carbocycles. The van der Waals surface area contributed by atoms with Gasteiger partial charge in [0.15, 0.2) is 5.82 Å². The molecule has 0 saturated heterocycles. The van der Waals surface area contributed by atoms with Crippen LogP contribution in [0.25, 0.3) is 11.4 Å². The zero-order valence-corrected chi connectivity index (χ0v) is 16.8. The highest BCUT2D eigenvalue weighted by Crippen LogP contribution is 2.44. The Bertz CT molecular complexity index is 1050. The molecular formula is C18H17ClF3N5OS. The third-order valence-corrected chi connectivity index (χ3v) is 5.97. The molecule has 0 spiro atoms. The molecule has 11 heteroatoms. The van der Waals surface area contributed by atoms with E-state index in [0.29, 0.717) is 17.0 Å². The zero-order valence-electron chi connectivity index (χ0n) is 15.2. The lowest BCUT2D eigenvalue weighted by atomic mass is 9.87. The summed E-state index contributed by atoms with van der Waals surface area (Å²) >= 11 is 7.33. The van der Waals surface area contributed by atoms with Crippen LogP contribution < -0.4 is 11.5 Å². The molecule has 1 atom stereocenters. The summed E-state index contributed by atoms with van der Waals surface area (Å²) in [6.07, 6.45) is -3.25. The summed E-state index contributed by atoms with van der Waals surface area (Å²) in [4.78, 5) is 16.4. The molecule has 6 nitrogen and oxygen atoms in total. The maximum Gasteiger partial charge on any atom is 0.416 e. The smallest absolute Gasteiger partial charge is 0.365 e. The first-order valence-corrected chi connectivity index (χ1v) is 9.66. The fourth-order valence-corrected chi connectivity index (χ4v) is 4.64. The molecule has 1 aromatic carbocycles. The van der Waals surface area contributed by atoms with Crippen molar-refractivity contribution in [3.8, 4) is 11.4 Å². The van der Waals surface area contributed by atoms with E-state index in [4.69, 9.17) is 23.1 Å². The molecule has 0 aliphatic heterocycles. The predicted molar refractivity (Wildman–Crippen MR) is 105 cm³/mol. The number of nitrogens with two attached hydrogens (primary N) is 2. The molecule has 154 valence electrons. The second kappa shape index (κ2) is 8.13. The predicted octanol–water partition coefficient (Wildman–Crippen LogP) is 3.60. The van der Waals surface area contributed by atoms with Gasteiger partial charge in [0, 0.05) is 13.0 Å². The van der Waals surface area contributed by atoms with Gasteiger partial charge in [0.1, 0.15) is 10.7 Å². The van der Waals surface area contributed by atoms with Crippen molar-refractivity contribution in [1.29, 1.82) is 0 Å². The van der Waals surface area contributed by atoms with E-state index in [0.717, 1.165) is 17.4 Å². The molecule has 0 unspecified atom stereocenters. The Balaban J connectivity index is 2.16. The Morgan fingerprint density at radius 2 is 2.03 bits per heavy atom. The van der Waals surface area contributed by atoms with Gasteiger partial charge in [-0.3, -0.25) is 4.79 Å². The molecule has 4 N–H and O–H groups in total. The van der Waals surface area contributed by atoms with E-state index in [1.54, 1.807) is 7.05 Å². The minimum Gasteiger partial charge on any atom is -0.365 e. The molecule has 1 amide bonds. The van der Waals surface area contributed by atoms with E-state index in [1.807, 2.05) is 0 Å². The Hall–Kier alpha value is -2.43. The second-order valence-electron chi connectivity index (χ2n) is 6.36. The molecule has 0 bridgehead atoms. The van der Waals surface area contributed by atoms with E-state index in [2.05, 4.69) is 10.1 Å². The first-order valence-electron chi connectivity index (χ1n) is 8.46. The largest absolute Gasteiger partial charge is 0.416 e. The van der Waals surface area contributed by atoms with Gasteiger partial charge in [-0.25, -0.2) is 9.67 Å². The fraction of sp³-hybridized carbons (Fsp3) is 0.278. The fourth-order valence-electron chi connectivity index (χ4n) is 3.26. The number of rotatable bonds is 6. The number of primary amides is 1. The van der Waals surface area contributed by atoms with Crippen molar-refractivity contribution in [2.75, 3.05) is 6.54 Å². The van der Waals surface area contributed by atoms with Crippen LogP contribution in [-0.4, -0.2) is 27.2 Å². The Morgan fingerprint density at radius 1 is 1.34 bits per heavy atom. The number of carbonyl (C=O) groups excluding carboxylic acids is 1. The van der Waals surface area contributed by atoms with Crippen molar-refractivity contribution in [2.24, 2.45) is 18.5 Å². The number of benzene rings is 1. The molecule has 29 heavy (non-hydrogen) atoms. The number of nitrogens with zero attached hydrogens (tertiary/aromatic N) is 3. The van der Waals surface area contributed by atoms with Crippen LogP contribution in [0, 0.1) is 0 Å². The number of aromatic nitrogens is 3. The molecule has 0 aliphatic rings. The lowest BCUT2D eigenvalue weighted by Gasteiger charge is -2.20. The van der Waals surface area contributed by atoms with Crippen LogP contribution >= 0.6 is 22.9 Å². The average molecular weight is 444 g/mol. The molecule has 0 radical (unpaired) electrons. The van der Waals surface area contributed by atoms with E-state index >= 15 is 0 Å². The zero-order chi connectivity index (χ0) is 21.3. The highest BCUT2D eigenvalue weighted by molar-refractivity contribution is 7.18. The summed E-state index contributed by atoms with van der Waals surface area (Å²) in [7, 11) is 1.64. The highest BCUT2D eigenvalue weighted by Gasteiger charge is 2.35. The minimum atomic E-state index is -4.51. The highest BCUT2D eigenvalue weighted by atomic mass is 35.5. The number of aryl methyl sites for hydroxylation is 1. The first-order chi connectivity index (χ1) is 13.6. The van der Waals surface area contributed by atoms with E-state index < -0.39 is 23.6 Å². The van der Waals surface area contributed by atoms with Crippen molar-refractivity contribution < 1.29 is 18.0 Å². The van der Waals surface area contributed by atoms with Crippen molar-refractivity contribution in [2.45, 2.75) is 18.5 Å². The molecule has 2 aromatic heterocycles. The van der Waals surface area contributed by atoms with Gasteiger partial charge in [0.2, 0.25) is 0 Å². The number of carbonyl (C=O) groups is 1. The van der Waals surface area contributed by atoms with E-state index in [-0.39, 0.29) is 27.7 Å². The summed E-state index contributed by atoms with van der Waals surface area (Å²) < 4.78 is 42.0. The molecule has 3 aromatic rings. The molecule has 0 fully saturated rings. The number of halogens is 4. The standard InChI is InChI=1S/C18H17ClF3N5OS/c1-27-17(25-8-26-27)13-12(14(16(24)28)29-15(13)19)10(7-23)6-9-4-2-3-5-11(9)18(20,21)22/h2-5,8,10H,6-7,23H2,1H3,(H2,24,28)/t10-/m1/s1. The maximum atomic E-state index is 13.4. The molecule has 2 heterocycles. The topological polar surface area (TPSA) is 99.8 Å². The Kier molecular flexibility index (Phi) is 5.97. The van der Waals surface area contributed by atoms with Gasteiger partial charge in [0.05, 0.1) is 16.0 Å². The van der Waals surface area contributed by atoms with Crippen LogP contribution in [-0.2, 0) is 19.6 Å². The van der Waals surface area contributed by atoms with Crippen molar-refractivity contribution >= 4 is 28.8 Å². The normalized spacial score (nSPS) is 12.9. The van der Waals surface area contributed by atoms with Crippen LogP contribution in [0.3, 0.4) is 0 Å². The lowest BCUT2D eigenvalue weighted by molar-refractivity contribution is -0.138. The van der Waals surface area contributed by atoms with Crippen LogP contribution in [0.4, 0.5) is 13.2 Å². The number of hydrogen-bond acceptors (Lipinski definition) is 5. The Labute approximate surface area is 173 Å². The van der Waals surface area contributed by atoms with Gasteiger partial charge in [0.25, 0.3) is 5.91 Å². The number of thiophene rings is 1. The van der Waals surface area contributed by atoms with Crippen LogP contribution in [0.5, 0.6) is 0 Å². The van der Waals surface area contributed by atoms with Gasteiger partial charge < -0.3 is 11.5 Å². The number of amides is 1. The van der Waals surface area contributed by atoms with Gasteiger partial charge in [-0.2, -0.15) is 18.3 Å². The SMILES string of the molecule is Cn1ncnc1-c1c(Cl)sc(C(N)=O)c1[C@@H](CN)Cc1ccccc1C(F)(F)F. The third kappa shape index (κ3) is 4.14. The second-order valence-corrected chi connectivity index (χ2v) is 7.98. The van der Waals surface area contributed by atoms with Crippen LogP contribution in [0.15, 0.2) is 30.6 Å². The number of hydrogen-bond donors (Lipinski definition) is 2. The van der Waals surface area contributed by atoms with Crippen molar-refractivity contribution in [3.63, 3.8) is 0 Å². The quantitative estimate of drug-likeness (QED) is 0.608. The summed E-state index contributed by atoms with van der Waals surface area (Å²) in [5.41, 5.74) is 11.6. The van der Waals surface area contributed by atoms with Crippen LogP contribution in [0.1, 0.15) is 32.3 Å². The van der Waals surface area contributed by atoms with E-state index in [9.17, 15) is 18.0 Å². The molecule has 0 saturated carbocycles. The minimum absolute atomic E-state index is 0.0234. The summed E-state index contributed by atoms with van der Waals surface area (Å²) in [5, 5.41) is 4.00. The molecular weight excluding hydrogens is 427 g/mol. The Morgan fingerprint density at radius 3 is 2.59 bits per heavy atom. The first kappa shape index (κ1) is 21.3. The lowest BCUT2D eigenvalue weighted by Crippen LogP contribution is -2.21. The molecule has 3 rings (SSSR count). The average Bonchev–Trinajstić information content (AvgIpc) is 3.21. The van der Waals surface area contributed by atoms with Gasteiger partial charge in [-0.05, 0) is 30.2 Å². The maximum absolute atomic E-state index is 13.4. The van der Waals surface area contributed by atoms with Gasteiger partial charge in [-0.1, -0.05) is 29.8 Å². The summed E-state index contributed by atoms with van der Waals surface area (Å²) in [6, 6.07) is 5.26. The van der Waals surface area contributed by atoms with Crippen molar-refractivity contribution in [1.82, 2.24) is 14.8 Å². The number of alkyl halides is 3. The monoisotopic (exact) mass is 443 g/mol. The van der Waals surface area contributed by atoms with E-state index in [1.165, 1.54) is 29.2 Å².